The average molecular weight is 392 g/mol. The van der Waals surface area contributed by atoms with Crippen LogP contribution < -0.4 is 5.32 Å². The zero-order valence-electron chi connectivity index (χ0n) is 16.6. The molecular weight excluding hydrogens is 362 g/mol. The number of aromatic amines is 1. The quantitative estimate of drug-likeness (QED) is 0.503. The molecule has 1 fully saturated rings. The Morgan fingerprint density at radius 1 is 1.07 bits per heavy atom. The number of benzene rings is 2. The van der Waals surface area contributed by atoms with E-state index in [-0.39, 0.29) is 0 Å². The Kier molecular flexibility index (Phi) is 5.96. The van der Waals surface area contributed by atoms with Gasteiger partial charge in [0.1, 0.15) is 0 Å². The first kappa shape index (κ1) is 19.0. The third-order valence-electron chi connectivity index (χ3n) is 5.91. The average Bonchev–Trinajstić information content (AvgIpc) is 3.16. The number of rotatable bonds is 5. The van der Waals surface area contributed by atoms with Crippen LogP contribution in [0.15, 0.2) is 54.7 Å². The molecule has 146 valence electrons. The summed E-state index contributed by atoms with van der Waals surface area (Å²) in [6.45, 7) is 3.02. The number of hydrogen-bond acceptors (Lipinski definition) is 1. The lowest BCUT2D eigenvalue weighted by Crippen LogP contribution is -2.43. The zero-order chi connectivity index (χ0) is 19.3. The Bertz CT molecular complexity index is 922. The lowest BCUT2D eigenvalue weighted by Gasteiger charge is -2.36. The highest BCUT2D eigenvalue weighted by Crippen LogP contribution is 2.27. The molecule has 2 aromatic carbocycles. The molecule has 0 unspecified atom stereocenters. The molecule has 28 heavy (non-hydrogen) atoms. The fraction of sp³-hybridized carbons (Fsp3) is 0.375. The van der Waals surface area contributed by atoms with Crippen molar-refractivity contribution in [2.45, 2.75) is 58.0 Å². The van der Waals surface area contributed by atoms with Crippen LogP contribution in [0, 0.1) is 0 Å². The molecule has 3 aromatic rings. The Morgan fingerprint density at radius 3 is 2.57 bits per heavy atom. The third kappa shape index (κ3) is 4.22. The van der Waals surface area contributed by atoms with Crippen LogP contribution in [0.2, 0.25) is 0 Å². The highest BCUT2D eigenvalue weighted by Gasteiger charge is 2.24. The van der Waals surface area contributed by atoms with E-state index < -0.39 is 0 Å². The molecule has 1 aliphatic rings. The zero-order valence-corrected chi connectivity index (χ0v) is 17.4. The number of anilines is 1. The Hall–Kier alpha value is -2.33. The Labute approximate surface area is 173 Å². The molecule has 1 aliphatic carbocycles. The first-order valence-corrected chi connectivity index (χ1v) is 10.9. The van der Waals surface area contributed by atoms with Gasteiger partial charge in [-0.25, -0.2) is 0 Å². The van der Waals surface area contributed by atoms with E-state index in [2.05, 4.69) is 76.9 Å². The Morgan fingerprint density at radius 2 is 1.82 bits per heavy atom. The van der Waals surface area contributed by atoms with Crippen LogP contribution in [0.4, 0.5) is 5.69 Å². The molecule has 3 nitrogen and oxygen atoms in total. The van der Waals surface area contributed by atoms with Crippen molar-refractivity contribution < 1.29 is 0 Å². The van der Waals surface area contributed by atoms with Gasteiger partial charge in [-0.2, -0.15) is 0 Å². The molecule has 0 saturated heterocycles. The van der Waals surface area contributed by atoms with Gasteiger partial charge in [0.15, 0.2) is 5.11 Å². The number of H-pyrrole nitrogens is 1. The van der Waals surface area contributed by atoms with Gasteiger partial charge in [-0.1, -0.05) is 56.5 Å². The molecular formula is C24H29N3S. The molecule has 4 heteroatoms. The lowest BCUT2D eigenvalue weighted by molar-refractivity contribution is 0.241. The number of para-hydroxylation sites is 1. The first-order chi connectivity index (χ1) is 13.7. The van der Waals surface area contributed by atoms with Crippen molar-refractivity contribution in [3.8, 4) is 0 Å². The number of nitrogens with zero attached hydrogens (tertiary/aromatic N) is 1. The van der Waals surface area contributed by atoms with E-state index in [9.17, 15) is 0 Å². The minimum Gasteiger partial charge on any atom is -0.361 e. The van der Waals surface area contributed by atoms with Crippen LogP contribution in [-0.2, 0) is 13.0 Å². The van der Waals surface area contributed by atoms with Crippen LogP contribution in [-0.4, -0.2) is 21.0 Å². The van der Waals surface area contributed by atoms with E-state index in [1.54, 1.807) is 0 Å². The van der Waals surface area contributed by atoms with Gasteiger partial charge in [0, 0.05) is 35.4 Å². The molecule has 1 heterocycles. The predicted molar refractivity (Wildman–Crippen MR) is 123 cm³/mol. The van der Waals surface area contributed by atoms with E-state index in [0.717, 1.165) is 23.8 Å². The van der Waals surface area contributed by atoms with E-state index in [1.165, 1.54) is 54.1 Å². The number of aromatic nitrogens is 1. The van der Waals surface area contributed by atoms with E-state index in [4.69, 9.17) is 12.2 Å². The summed E-state index contributed by atoms with van der Waals surface area (Å²) in [5, 5.41) is 5.62. The van der Waals surface area contributed by atoms with Gasteiger partial charge in [-0.15, -0.1) is 0 Å². The second kappa shape index (κ2) is 8.78. The summed E-state index contributed by atoms with van der Waals surface area (Å²) in [6, 6.07) is 17.6. The maximum atomic E-state index is 5.90. The fourth-order valence-corrected chi connectivity index (χ4v) is 4.56. The lowest BCUT2D eigenvalue weighted by atomic mass is 9.94. The van der Waals surface area contributed by atoms with E-state index >= 15 is 0 Å². The van der Waals surface area contributed by atoms with E-state index in [0.29, 0.717) is 6.04 Å². The predicted octanol–water partition coefficient (Wildman–Crippen LogP) is 6.26. The number of aryl methyl sites for hydroxylation is 1. The van der Waals surface area contributed by atoms with Crippen molar-refractivity contribution in [2.24, 2.45) is 0 Å². The summed E-state index contributed by atoms with van der Waals surface area (Å²) in [4.78, 5) is 5.82. The van der Waals surface area contributed by atoms with Crippen molar-refractivity contribution in [1.82, 2.24) is 9.88 Å². The van der Waals surface area contributed by atoms with Crippen molar-refractivity contribution in [3.63, 3.8) is 0 Å². The van der Waals surface area contributed by atoms with Crippen LogP contribution in [0.1, 0.15) is 50.2 Å². The van der Waals surface area contributed by atoms with E-state index in [1.807, 2.05) is 0 Å². The Balaban J connectivity index is 1.56. The second-order valence-corrected chi connectivity index (χ2v) is 8.15. The van der Waals surface area contributed by atoms with Crippen molar-refractivity contribution in [3.05, 3.63) is 65.9 Å². The van der Waals surface area contributed by atoms with Crippen LogP contribution in [0.3, 0.4) is 0 Å². The first-order valence-electron chi connectivity index (χ1n) is 10.5. The maximum Gasteiger partial charge on any atom is 0.173 e. The molecule has 2 N–H and O–H groups in total. The van der Waals surface area contributed by atoms with Gasteiger partial charge in [-0.3, -0.25) is 0 Å². The van der Waals surface area contributed by atoms with Gasteiger partial charge in [0.25, 0.3) is 0 Å². The topological polar surface area (TPSA) is 31.1 Å². The smallest absolute Gasteiger partial charge is 0.173 e. The minimum atomic E-state index is 0.511. The van der Waals surface area contributed by atoms with Gasteiger partial charge in [-0.05, 0) is 60.8 Å². The summed E-state index contributed by atoms with van der Waals surface area (Å²) in [5.74, 6) is 0. The molecule has 0 bridgehead atoms. The standard InChI is InChI=1S/C24H29N3S/c1-2-18-12-14-20(15-13-18)26-24(28)27(21-8-4-3-5-9-21)17-19-16-25-23-11-7-6-10-22(19)23/h6-7,10-16,21,25H,2-5,8-9,17H2,1H3,(H,26,28). The van der Waals surface area contributed by atoms with Crippen molar-refractivity contribution >= 4 is 33.9 Å². The number of hydrogen-bond donors (Lipinski definition) is 2. The monoisotopic (exact) mass is 391 g/mol. The normalized spacial score (nSPS) is 14.9. The van der Waals surface area contributed by atoms with Crippen LogP contribution in [0.25, 0.3) is 10.9 Å². The van der Waals surface area contributed by atoms with Gasteiger partial charge >= 0.3 is 0 Å². The molecule has 0 radical (unpaired) electrons. The number of nitrogens with one attached hydrogen (secondary N) is 2. The molecule has 0 spiro atoms. The second-order valence-electron chi connectivity index (χ2n) is 7.76. The van der Waals surface area contributed by atoms with Crippen LogP contribution >= 0.6 is 12.2 Å². The summed E-state index contributed by atoms with van der Waals surface area (Å²) >= 11 is 5.90. The van der Waals surface area contributed by atoms with Crippen LogP contribution in [0.5, 0.6) is 0 Å². The molecule has 0 amide bonds. The fourth-order valence-electron chi connectivity index (χ4n) is 4.22. The number of fused-ring (bicyclic) bond motifs is 1. The van der Waals surface area contributed by atoms with Gasteiger partial charge in [0.05, 0.1) is 0 Å². The van der Waals surface area contributed by atoms with Gasteiger partial charge < -0.3 is 15.2 Å². The summed E-state index contributed by atoms with van der Waals surface area (Å²) < 4.78 is 0. The van der Waals surface area contributed by atoms with Crippen molar-refractivity contribution in [2.75, 3.05) is 5.32 Å². The van der Waals surface area contributed by atoms with Gasteiger partial charge in [0.2, 0.25) is 0 Å². The number of thiocarbonyl (C=S) groups is 1. The third-order valence-corrected chi connectivity index (χ3v) is 6.24. The highest BCUT2D eigenvalue weighted by molar-refractivity contribution is 7.80. The molecule has 0 atom stereocenters. The molecule has 4 rings (SSSR count). The highest BCUT2D eigenvalue weighted by atomic mass is 32.1. The SMILES string of the molecule is CCc1ccc(NC(=S)N(Cc2c[nH]c3ccccc23)C2CCCCC2)cc1. The summed E-state index contributed by atoms with van der Waals surface area (Å²) in [6.07, 6.45) is 9.57. The molecule has 0 aliphatic heterocycles. The summed E-state index contributed by atoms with van der Waals surface area (Å²) in [7, 11) is 0. The maximum absolute atomic E-state index is 5.90. The molecule has 1 aromatic heterocycles. The molecule has 1 saturated carbocycles. The minimum absolute atomic E-state index is 0.511. The van der Waals surface area contributed by atoms with Crippen molar-refractivity contribution in [1.29, 1.82) is 0 Å². The largest absolute Gasteiger partial charge is 0.361 e. The summed E-state index contributed by atoms with van der Waals surface area (Å²) in [5.41, 5.74) is 4.92.